The van der Waals surface area contributed by atoms with Crippen LogP contribution in [0.3, 0.4) is 0 Å². The quantitative estimate of drug-likeness (QED) is 0.699. The third-order valence-corrected chi connectivity index (χ3v) is 6.56. The van der Waals surface area contributed by atoms with Crippen LogP contribution in [0, 0.1) is 6.92 Å². The number of rotatable bonds is 9. The Labute approximate surface area is 168 Å². The Morgan fingerprint density at radius 1 is 0.964 bits per heavy atom. The number of hydrogen-bond donors (Lipinski definition) is 1. The molecule has 0 radical (unpaired) electrons. The molecule has 0 saturated carbocycles. The fourth-order valence-electron chi connectivity index (χ4n) is 3.36. The Balaban J connectivity index is 1.40. The molecule has 0 bridgehead atoms. The molecule has 1 N–H and O–H groups in total. The zero-order chi connectivity index (χ0) is 19.8. The molecule has 0 aliphatic carbocycles. The summed E-state index contributed by atoms with van der Waals surface area (Å²) in [4.78, 5) is 2.76. The lowest BCUT2D eigenvalue weighted by molar-refractivity contribution is 0.183. The summed E-state index contributed by atoms with van der Waals surface area (Å²) in [5, 5.41) is 0. The van der Waals surface area contributed by atoms with Gasteiger partial charge in [-0.1, -0.05) is 36.2 Å². The standard InChI is InChI=1S/C22H30N2O3S/c1-19-5-11-22(12-6-19)28(25,26)23-14-13-20-7-9-21(10-8-20)27-18-17-24-15-3-2-4-16-24/h5-12,23H,2-4,13-18H2,1H3. The largest absolute Gasteiger partial charge is 0.492 e. The highest BCUT2D eigenvalue weighted by Crippen LogP contribution is 2.14. The Hall–Kier alpha value is -1.89. The summed E-state index contributed by atoms with van der Waals surface area (Å²) in [7, 11) is -3.46. The van der Waals surface area contributed by atoms with E-state index in [1.807, 2.05) is 31.2 Å². The first kappa shape index (κ1) is 20.8. The minimum Gasteiger partial charge on any atom is -0.492 e. The third-order valence-electron chi connectivity index (χ3n) is 5.09. The van der Waals surface area contributed by atoms with Crippen LogP contribution in [0.2, 0.25) is 0 Å². The van der Waals surface area contributed by atoms with Gasteiger partial charge >= 0.3 is 0 Å². The van der Waals surface area contributed by atoms with Crippen LogP contribution >= 0.6 is 0 Å². The first-order valence-electron chi connectivity index (χ1n) is 10.0. The molecule has 0 unspecified atom stereocenters. The van der Waals surface area contributed by atoms with Crippen molar-refractivity contribution in [3.63, 3.8) is 0 Å². The van der Waals surface area contributed by atoms with Gasteiger partial charge in [0.05, 0.1) is 4.90 Å². The van der Waals surface area contributed by atoms with E-state index in [0.29, 0.717) is 24.5 Å². The van der Waals surface area contributed by atoms with E-state index in [1.54, 1.807) is 24.3 Å². The number of likely N-dealkylation sites (tertiary alicyclic amines) is 1. The number of sulfonamides is 1. The van der Waals surface area contributed by atoms with E-state index >= 15 is 0 Å². The number of aryl methyl sites for hydroxylation is 1. The second-order valence-corrected chi connectivity index (χ2v) is 9.12. The van der Waals surface area contributed by atoms with Crippen molar-refractivity contribution in [3.8, 4) is 5.75 Å². The number of ether oxygens (including phenoxy) is 1. The molecule has 0 atom stereocenters. The predicted octanol–water partition coefficient (Wildman–Crippen LogP) is 3.38. The predicted molar refractivity (Wildman–Crippen MR) is 112 cm³/mol. The summed E-state index contributed by atoms with van der Waals surface area (Å²) < 4.78 is 33.1. The van der Waals surface area contributed by atoms with Crippen LogP contribution in [-0.4, -0.2) is 46.1 Å². The van der Waals surface area contributed by atoms with E-state index in [4.69, 9.17) is 4.74 Å². The number of piperidine rings is 1. The topological polar surface area (TPSA) is 58.6 Å². The van der Waals surface area contributed by atoms with Gasteiger partial charge in [0, 0.05) is 13.1 Å². The zero-order valence-electron chi connectivity index (χ0n) is 16.6. The molecule has 0 amide bonds. The maximum absolute atomic E-state index is 12.3. The molecule has 28 heavy (non-hydrogen) atoms. The van der Waals surface area contributed by atoms with Crippen LogP contribution in [0.15, 0.2) is 53.4 Å². The summed E-state index contributed by atoms with van der Waals surface area (Å²) >= 11 is 0. The molecule has 0 spiro atoms. The van der Waals surface area contributed by atoms with Crippen LogP contribution < -0.4 is 9.46 Å². The minimum atomic E-state index is -3.46. The first-order valence-corrected chi connectivity index (χ1v) is 11.5. The van der Waals surface area contributed by atoms with Crippen molar-refractivity contribution in [2.45, 2.75) is 37.5 Å². The van der Waals surface area contributed by atoms with E-state index < -0.39 is 10.0 Å². The van der Waals surface area contributed by atoms with Gasteiger partial charge in [0.2, 0.25) is 10.0 Å². The highest BCUT2D eigenvalue weighted by molar-refractivity contribution is 7.89. The van der Waals surface area contributed by atoms with Crippen LogP contribution in [-0.2, 0) is 16.4 Å². The van der Waals surface area contributed by atoms with Crippen molar-refractivity contribution in [2.75, 3.05) is 32.8 Å². The van der Waals surface area contributed by atoms with Gasteiger partial charge in [-0.2, -0.15) is 0 Å². The Morgan fingerprint density at radius 2 is 1.64 bits per heavy atom. The smallest absolute Gasteiger partial charge is 0.240 e. The van der Waals surface area contributed by atoms with Gasteiger partial charge in [-0.3, -0.25) is 4.90 Å². The van der Waals surface area contributed by atoms with Crippen LogP contribution in [0.5, 0.6) is 5.75 Å². The first-order chi connectivity index (χ1) is 13.5. The van der Waals surface area contributed by atoms with Gasteiger partial charge in [0.25, 0.3) is 0 Å². The van der Waals surface area contributed by atoms with Crippen molar-refractivity contribution in [2.24, 2.45) is 0 Å². The molecular formula is C22H30N2O3S. The fourth-order valence-corrected chi connectivity index (χ4v) is 4.39. The summed E-state index contributed by atoms with van der Waals surface area (Å²) in [5.74, 6) is 0.862. The number of nitrogens with zero attached hydrogens (tertiary/aromatic N) is 1. The average molecular weight is 403 g/mol. The van der Waals surface area contributed by atoms with E-state index in [2.05, 4.69) is 9.62 Å². The van der Waals surface area contributed by atoms with E-state index in [1.165, 1.54) is 32.4 Å². The number of hydrogen-bond acceptors (Lipinski definition) is 4. The van der Waals surface area contributed by atoms with Crippen molar-refractivity contribution < 1.29 is 13.2 Å². The van der Waals surface area contributed by atoms with E-state index in [0.717, 1.165) is 23.4 Å². The van der Waals surface area contributed by atoms with E-state index in [-0.39, 0.29) is 0 Å². The molecule has 1 aliphatic heterocycles. The van der Waals surface area contributed by atoms with Gasteiger partial charge in [-0.05, 0) is 69.1 Å². The fraction of sp³-hybridized carbons (Fsp3) is 0.455. The van der Waals surface area contributed by atoms with Gasteiger partial charge in [-0.15, -0.1) is 0 Å². The molecule has 2 aromatic rings. The minimum absolute atomic E-state index is 0.301. The lowest BCUT2D eigenvalue weighted by atomic mass is 10.1. The molecule has 1 fully saturated rings. The Kier molecular flexibility index (Phi) is 7.48. The van der Waals surface area contributed by atoms with Crippen LogP contribution in [0.25, 0.3) is 0 Å². The van der Waals surface area contributed by atoms with Crippen molar-refractivity contribution >= 4 is 10.0 Å². The zero-order valence-corrected chi connectivity index (χ0v) is 17.4. The molecule has 6 heteroatoms. The molecule has 1 aliphatic rings. The maximum Gasteiger partial charge on any atom is 0.240 e. The number of nitrogens with one attached hydrogen (secondary N) is 1. The molecule has 0 aromatic heterocycles. The van der Waals surface area contributed by atoms with Gasteiger partial charge in [-0.25, -0.2) is 13.1 Å². The molecule has 1 saturated heterocycles. The van der Waals surface area contributed by atoms with Crippen molar-refractivity contribution in [1.82, 2.24) is 9.62 Å². The SMILES string of the molecule is Cc1ccc(S(=O)(=O)NCCc2ccc(OCCN3CCCCC3)cc2)cc1. The summed E-state index contributed by atoms with van der Waals surface area (Å²) in [6.07, 6.45) is 4.57. The molecule has 1 heterocycles. The van der Waals surface area contributed by atoms with Crippen LogP contribution in [0.1, 0.15) is 30.4 Å². The maximum atomic E-state index is 12.3. The average Bonchev–Trinajstić information content (AvgIpc) is 2.70. The van der Waals surface area contributed by atoms with Crippen LogP contribution in [0.4, 0.5) is 0 Å². The summed E-state index contributed by atoms with van der Waals surface area (Å²) in [6, 6.07) is 14.8. The second-order valence-electron chi connectivity index (χ2n) is 7.36. The van der Waals surface area contributed by atoms with Gasteiger partial charge in [0.15, 0.2) is 0 Å². The van der Waals surface area contributed by atoms with Gasteiger partial charge in [0.1, 0.15) is 12.4 Å². The van der Waals surface area contributed by atoms with Crippen molar-refractivity contribution in [1.29, 1.82) is 0 Å². The highest BCUT2D eigenvalue weighted by Gasteiger charge is 2.13. The molecular weight excluding hydrogens is 372 g/mol. The Bertz CT molecular complexity index is 827. The summed E-state index contributed by atoms with van der Waals surface area (Å²) in [6.45, 7) is 6.34. The monoisotopic (exact) mass is 402 g/mol. The lowest BCUT2D eigenvalue weighted by Gasteiger charge is -2.26. The second kappa shape index (κ2) is 10.0. The lowest BCUT2D eigenvalue weighted by Crippen LogP contribution is -2.33. The highest BCUT2D eigenvalue weighted by atomic mass is 32.2. The summed E-state index contributed by atoms with van der Waals surface area (Å²) in [5.41, 5.74) is 2.12. The number of benzene rings is 2. The molecule has 152 valence electrons. The van der Waals surface area contributed by atoms with Crippen molar-refractivity contribution in [3.05, 3.63) is 59.7 Å². The molecule has 5 nitrogen and oxygen atoms in total. The van der Waals surface area contributed by atoms with Gasteiger partial charge < -0.3 is 4.74 Å². The normalized spacial score (nSPS) is 15.5. The molecule has 3 rings (SSSR count). The molecule has 2 aromatic carbocycles. The Morgan fingerprint density at radius 3 is 2.32 bits per heavy atom. The van der Waals surface area contributed by atoms with E-state index in [9.17, 15) is 8.42 Å². The third kappa shape index (κ3) is 6.33.